The van der Waals surface area contributed by atoms with Gasteiger partial charge in [-0.25, -0.2) is 14.3 Å². The molecule has 1 aromatic heterocycles. The van der Waals surface area contributed by atoms with Crippen molar-refractivity contribution < 1.29 is 9.18 Å². The van der Waals surface area contributed by atoms with Crippen LogP contribution >= 0.6 is 0 Å². The molecule has 88 valence electrons. The van der Waals surface area contributed by atoms with Gasteiger partial charge in [0.15, 0.2) is 0 Å². The van der Waals surface area contributed by atoms with Gasteiger partial charge in [-0.2, -0.15) is 0 Å². The van der Waals surface area contributed by atoms with Crippen LogP contribution in [0, 0.1) is 12.7 Å². The summed E-state index contributed by atoms with van der Waals surface area (Å²) in [6.45, 7) is 1.77. The van der Waals surface area contributed by atoms with Crippen LogP contribution in [0.1, 0.15) is 16.2 Å². The Morgan fingerprint density at radius 2 is 2.24 bits per heavy atom. The van der Waals surface area contributed by atoms with Gasteiger partial charge in [0.25, 0.3) is 5.91 Å². The molecule has 0 atom stereocenters. The first-order valence-corrected chi connectivity index (χ1v) is 4.78. The third-order valence-corrected chi connectivity index (χ3v) is 2.09. The van der Waals surface area contributed by atoms with Gasteiger partial charge in [-0.05, 0) is 24.6 Å². The van der Waals surface area contributed by atoms with E-state index in [2.05, 4.69) is 15.4 Å². The molecule has 0 aliphatic rings. The molecular formula is C10H9FN4O2. The second-order valence-corrected chi connectivity index (χ2v) is 3.46. The van der Waals surface area contributed by atoms with E-state index in [4.69, 9.17) is 0 Å². The Morgan fingerprint density at radius 1 is 1.47 bits per heavy atom. The van der Waals surface area contributed by atoms with E-state index in [1.807, 2.05) is 5.10 Å². The fourth-order valence-electron chi connectivity index (χ4n) is 1.29. The number of H-pyrrole nitrogens is 2. The standard InChI is InChI=1S/C10H9FN4O2/c1-5-2-3-6(11)7(4-5)12-9(16)8-13-10(17)15-14-8/h2-4H,1H3,(H,12,16)(H2,13,14,15,17). The molecule has 0 saturated heterocycles. The van der Waals surface area contributed by atoms with Crippen LogP contribution in [-0.4, -0.2) is 21.1 Å². The lowest BCUT2D eigenvalue weighted by atomic mass is 10.2. The molecule has 6 nitrogen and oxygen atoms in total. The molecule has 1 amide bonds. The lowest BCUT2D eigenvalue weighted by Gasteiger charge is -2.05. The summed E-state index contributed by atoms with van der Waals surface area (Å²) in [4.78, 5) is 24.5. The number of amides is 1. The number of carbonyl (C=O) groups is 1. The average Bonchev–Trinajstić information content (AvgIpc) is 2.70. The van der Waals surface area contributed by atoms with Gasteiger partial charge >= 0.3 is 5.69 Å². The van der Waals surface area contributed by atoms with Gasteiger partial charge in [0.1, 0.15) is 5.82 Å². The lowest BCUT2D eigenvalue weighted by Crippen LogP contribution is -2.15. The van der Waals surface area contributed by atoms with Crippen LogP contribution in [0.5, 0.6) is 0 Å². The van der Waals surface area contributed by atoms with Crippen molar-refractivity contribution in [1.82, 2.24) is 15.2 Å². The molecular weight excluding hydrogens is 227 g/mol. The maximum absolute atomic E-state index is 13.3. The minimum absolute atomic E-state index is 0.0406. The highest BCUT2D eigenvalue weighted by molar-refractivity contribution is 6.01. The smallest absolute Gasteiger partial charge is 0.317 e. The number of hydrogen-bond acceptors (Lipinski definition) is 3. The third kappa shape index (κ3) is 2.39. The minimum Gasteiger partial charge on any atom is -0.317 e. The summed E-state index contributed by atoms with van der Waals surface area (Å²) in [5, 5.41) is 7.80. The van der Waals surface area contributed by atoms with Gasteiger partial charge in [-0.1, -0.05) is 6.07 Å². The molecule has 0 bridgehead atoms. The Morgan fingerprint density at radius 3 is 2.88 bits per heavy atom. The van der Waals surface area contributed by atoms with Crippen molar-refractivity contribution in [3.05, 3.63) is 45.9 Å². The number of nitrogens with one attached hydrogen (secondary N) is 3. The first-order valence-electron chi connectivity index (χ1n) is 4.78. The molecule has 2 aromatic rings. The Bertz CT molecular complexity index is 617. The van der Waals surface area contributed by atoms with E-state index < -0.39 is 17.4 Å². The number of aromatic nitrogens is 3. The van der Waals surface area contributed by atoms with Gasteiger partial charge in [0, 0.05) is 0 Å². The Hall–Kier alpha value is -2.44. The molecule has 2 rings (SSSR count). The summed E-state index contributed by atoms with van der Waals surface area (Å²) in [6, 6.07) is 4.32. The van der Waals surface area contributed by atoms with Crippen LogP contribution in [0.3, 0.4) is 0 Å². The summed E-state index contributed by atoms with van der Waals surface area (Å²) in [5.74, 6) is -1.44. The van der Waals surface area contributed by atoms with Gasteiger partial charge in [0.05, 0.1) is 5.69 Å². The summed E-state index contributed by atoms with van der Waals surface area (Å²) >= 11 is 0. The predicted octanol–water partition coefficient (Wildman–Crippen LogP) is 0.798. The molecule has 0 fully saturated rings. The number of aryl methyl sites for hydroxylation is 1. The topological polar surface area (TPSA) is 90.6 Å². The number of nitrogens with zero attached hydrogens (tertiary/aromatic N) is 1. The van der Waals surface area contributed by atoms with E-state index in [-0.39, 0.29) is 11.5 Å². The Balaban J connectivity index is 2.24. The SMILES string of the molecule is Cc1ccc(F)c(NC(=O)c2n[nH]c(=O)[nH]2)c1. The van der Waals surface area contributed by atoms with Crippen molar-refractivity contribution in [2.75, 3.05) is 5.32 Å². The van der Waals surface area contributed by atoms with E-state index in [0.717, 1.165) is 5.56 Å². The number of aromatic amines is 2. The maximum atomic E-state index is 13.3. The van der Waals surface area contributed by atoms with Gasteiger partial charge in [-0.3, -0.25) is 9.78 Å². The minimum atomic E-state index is -0.687. The molecule has 1 heterocycles. The van der Waals surface area contributed by atoms with Crippen molar-refractivity contribution in [2.45, 2.75) is 6.92 Å². The number of anilines is 1. The molecule has 17 heavy (non-hydrogen) atoms. The van der Waals surface area contributed by atoms with Crippen molar-refractivity contribution in [2.24, 2.45) is 0 Å². The van der Waals surface area contributed by atoms with Crippen LogP contribution < -0.4 is 11.0 Å². The zero-order valence-corrected chi connectivity index (χ0v) is 8.87. The zero-order chi connectivity index (χ0) is 12.4. The number of carbonyl (C=O) groups excluding carboxylic acids is 1. The fraction of sp³-hybridized carbons (Fsp3) is 0.100. The highest BCUT2D eigenvalue weighted by Crippen LogP contribution is 2.15. The number of halogens is 1. The normalized spacial score (nSPS) is 10.2. The van der Waals surface area contributed by atoms with Crippen molar-refractivity contribution in [3.63, 3.8) is 0 Å². The third-order valence-electron chi connectivity index (χ3n) is 2.09. The quantitative estimate of drug-likeness (QED) is 0.720. The largest absolute Gasteiger partial charge is 0.341 e. The first-order chi connectivity index (χ1) is 8.06. The van der Waals surface area contributed by atoms with E-state index >= 15 is 0 Å². The van der Waals surface area contributed by atoms with Crippen molar-refractivity contribution >= 4 is 11.6 Å². The summed E-state index contributed by atoms with van der Waals surface area (Å²) in [7, 11) is 0. The number of benzene rings is 1. The van der Waals surface area contributed by atoms with Crippen LogP contribution in [0.25, 0.3) is 0 Å². The van der Waals surface area contributed by atoms with E-state index in [1.165, 1.54) is 12.1 Å². The summed E-state index contributed by atoms with van der Waals surface area (Å²) < 4.78 is 13.3. The van der Waals surface area contributed by atoms with Gasteiger partial charge < -0.3 is 5.32 Å². The molecule has 0 unspecified atom stereocenters. The fourth-order valence-corrected chi connectivity index (χ4v) is 1.29. The highest BCUT2D eigenvalue weighted by atomic mass is 19.1. The Labute approximate surface area is 94.9 Å². The molecule has 7 heteroatoms. The molecule has 1 aromatic carbocycles. The monoisotopic (exact) mass is 236 g/mol. The van der Waals surface area contributed by atoms with Crippen LogP contribution in [0.15, 0.2) is 23.0 Å². The maximum Gasteiger partial charge on any atom is 0.341 e. The highest BCUT2D eigenvalue weighted by Gasteiger charge is 2.12. The van der Waals surface area contributed by atoms with Crippen LogP contribution in [0.4, 0.5) is 10.1 Å². The van der Waals surface area contributed by atoms with Crippen molar-refractivity contribution in [3.8, 4) is 0 Å². The molecule has 0 radical (unpaired) electrons. The van der Waals surface area contributed by atoms with Crippen LogP contribution in [-0.2, 0) is 0 Å². The average molecular weight is 236 g/mol. The number of rotatable bonds is 2. The number of hydrogen-bond donors (Lipinski definition) is 3. The van der Waals surface area contributed by atoms with Gasteiger partial charge in [0.2, 0.25) is 5.82 Å². The summed E-state index contributed by atoms with van der Waals surface area (Å²) in [6.07, 6.45) is 0. The van der Waals surface area contributed by atoms with Crippen molar-refractivity contribution in [1.29, 1.82) is 0 Å². The molecule has 0 saturated carbocycles. The van der Waals surface area contributed by atoms with E-state index in [1.54, 1.807) is 13.0 Å². The molecule has 3 N–H and O–H groups in total. The second kappa shape index (κ2) is 4.20. The van der Waals surface area contributed by atoms with Crippen LogP contribution in [0.2, 0.25) is 0 Å². The molecule has 0 aliphatic carbocycles. The second-order valence-electron chi connectivity index (χ2n) is 3.46. The van der Waals surface area contributed by atoms with Gasteiger partial charge in [-0.15, -0.1) is 5.10 Å². The van der Waals surface area contributed by atoms with E-state index in [0.29, 0.717) is 0 Å². The molecule has 0 spiro atoms. The lowest BCUT2D eigenvalue weighted by molar-refractivity contribution is 0.101. The Kier molecular flexibility index (Phi) is 2.73. The first kappa shape index (κ1) is 11.1. The predicted molar refractivity (Wildman–Crippen MR) is 58.3 cm³/mol. The molecule has 0 aliphatic heterocycles. The summed E-state index contributed by atoms with van der Waals surface area (Å²) in [5.41, 5.74) is 0.246. The van der Waals surface area contributed by atoms with E-state index in [9.17, 15) is 14.0 Å². The zero-order valence-electron chi connectivity index (χ0n) is 8.87.